The zero-order chi connectivity index (χ0) is 45.8. The second-order valence-corrected chi connectivity index (χ2v) is 112. The van der Waals surface area contributed by atoms with Crippen LogP contribution in [0.3, 0.4) is 0 Å². The predicted molar refractivity (Wildman–Crippen MR) is 346 cm³/mol. The van der Waals surface area contributed by atoms with Crippen molar-refractivity contribution in [2.24, 2.45) is 0 Å². The molecule has 0 saturated heterocycles. The Morgan fingerprint density at radius 3 is 1.72 bits per heavy atom. The van der Waals surface area contributed by atoms with Crippen LogP contribution in [0, 0.1) is 0 Å². The second kappa shape index (κ2) is 31.7. The average molecular weight is 1310 g/mol. The Morgan fingerprint density at radius 1 is 0.754 bits per heavy atom. The number of hydrogen-bond donors (Lipinski definition) is 2. The molecule has 36 heteroatoms. The molecule has 0 fully saturated rings. The number of anilines is 1. The van der Waals surface area contributed by atoms with Crippen molar-refractivity contribution in [1.29, 1.82) is 0 Å². The van der Waals surface area contributed by atoms with Crippen molar-refractivity contribution < 1.29 is 17.2 Å². The van der Waals surface area contributed by atoms with Crippen LogP contribution in [0.15, 0.2) is 64.0 Å². The minimum atomic E-state index is -3.39. The van der Waals surface area contributed by atoms with Crippen LogP contribution >= 0.6 is 201 Å². The number of nitrogens with two attached hydrogens (primary N) is 1. The average Bonchev–Trinajstić information content (AvgIpc) is 3.69. The van der Waals surface area contributed by atoms with Crippen LogP contribution in [0.5, 0.6) is 0 Å². The number of sulfone groups is 1. The fourth-order valence-electron chi connectivity index (χ4n) is 4.76. The molecule has 0 spiro atoms. The van der Waals surface area contributed by atoms with E-state index in [1.165, 1.54) is 6.20 Å². The second-order valence-electron chi connectivity index (χ2n) is 12.0. The summed E-state index contributed by atoms with van der Waals surface area (Å²) in [5.74, 6) is 0.528. The molecule has 0 aliphatic carbocycles. The van der Waals surface area contributed by atoms with Crippen LogP contribution < -0.4 is 11.1 Å². The van der Waals surface area contributed by atoms with Gasteiger partial charge < -0.3 is 15.5 Å². The highest BCUT2D eigenvalue weighted by Crippen LogP contribution is 3.34. The standard InChI is InChI=1S/C25H27FN6O3S.H27P25/c1-3-16(2)36(33,34)20-10-8-18(9-11-20)21-15-29-23(27)22(30-21)25-32-31-24(35-25)19-6-4-17(5-7-19)14-28-13-12-26;1-14-21(15(2)3)24(20(12)13)25(22(16(4)5)17(6)7)23(18(8)9)19(10)11/h4-11,15-16,28H,3,12-14H2,1-2H3,(H2,27,29);14H,1-13H2. The fourth-order valence-corrected chi connectivity index (χ4v) is 321. The summed E-state index contributed by atoms with van der Waals surface area (Å²) in [6.45, 7) is 4.53. The van der Waals surface area contributed by atoms with E-state index >= 15 is 0 Å². The van der Waals surface area contributed by atoms with Gasteiger partial charge in [-0.15, -0.1) is 126 Å². The number of aromatic nitrogens is 4. The topological polar surface area (TPSA) is 137 Å². The van der Waals surface area contributed by atoms with Crippen LogP contribution in [-0.4, -0.2) is 47.1 Å². The van der Waals surface area contributed by atoms with E-state index in [2.05, 4.69) is 142 Å². The number of nitrogens with zero attached hydrogens (tertiary/aromatic N) is 4. The molecule has 0 bridgehead atoms. The van der Waals surface area contributed by atoms with Gasteiger partial charge in [0.2, 0.25) is 5.89 Å². The molecular formula is C25H54FN6O3P25S. The van der Waals surface area contributed by atoms with Gasteiger partial charge in [-0.2, -0.15) is 0 Å². The van der Waals surface area contributed by atoms with Gasteiger partial charge in [0.15, 0.2) is 21.3 Å². The lowest BCUT2D eigenvalue weighted by atomic mass is 10.1. The summed E-state index contributed by atoms with van der Waals surface area (Å²) in [5, 5.41) is 10.7. The number of alkyl halides is 1. The third-order valence-electron chi connectivity index (χ3n) is 7.83. The number of benzene rings is 2. The van der Waals surface area contributed by atoms with Gasteiger partial charge in [-0.05, 0) is 120 Å². The molecule has 9 nitrogen and oxygen atoms in total. The first-order chi connectivity index (χ1) is 28.7. The highest BCUT2D eigenvalue weighted by atomic mass is 33.5. The number of halogens is 1. The Hall–Kier alpha value is 7.05. The number of rotatable bonds is 21. The SMILES string of the molecule is CCC(C)S(=O)(=O)c1ccc(-c2cnc(N)c(-c3nnc(-c4ccc(CNCCF)cc4)o3)n2)cc1.PPP(P(P)P)P(P(P)P)P(P(P(P)P)P(P)P)P(P(P)P)P(P)P. The molecule has 3 N–H and O–H groups in total. The first kappa shape index (κ1) is 62.3. The van der Waals surface area contributed by atoms with Crippen molar-refractivity contribution in [3.63, 3.8) is 0 Å². The lowest BCUT2D eigenvalue weighted by Gasteiger charge is -2.49. The Balaban J connectivity index is 0.000000351. The molecule has 17 unspecified atom stereocenters. The van der Waals surface area contributed by atoms with Gasteiger partial charge in [0, 0.05) is 24.2 Å². The van der Waals surface area contributed by atoms with E-state index in [0.29, 0.717) is 42.2 Å². The first-order valence-electron chi connectivity index (χ1n) is 17.1. The summed E-state index contributed by atoms with van der Waals surface area (Å²) in [4.78, 5) is 9.02. The van der Waals surface area contributed by atoms with Gasteiger partial charge in [0.1, 0.15) is 6.67 Å². The normalized spacial score (nSPS) is 14.2. The van der Waals surface area contributed by atoms with Crippen molar-refractivity contribution in [2.45, 2.75) is 37.0 Å². The summed E-state index contributed by atoms with van der Waals surface area (Å²) in [5.41, 5.74) is 9.13. The van der Waals surface area contributed by atoms with E-state index in [1.807, 2.05) is 31.2 Å². The van der Waals surface area contributed by atoms with Gasteiger partial charge in [0.05, 0.1) is 22.0 Å². The molecule has 17 atom stereocenters. The molecule has 2 aromatic carbocycles. The maximum atomic E-state index is 12.6. The van der Waals surface area contributed by atoms with Crippen molar-refractivity contribution >= 4 is 217 Å². The quantitative estimate of drug-likeness (QED) is 0.0617. The van der Waals surface area contributed by atoms with Gasteiger partial charge in [-0.25, -0.2) is 22.8 Å². The Morgan fingerprint density at radius 2 is 1.26 bits per heavy atom. The number of nitrogen functional groups attached to an aromatic ring is 1. The van der Waals surface area contributed by atoms with Crippen LogP contribution in [-0.2, 0) is 16.4 Å². The predicted octanol–water partition coefficient (Wildman–Crippen LogP) is 18.4. The maximum absolute atomic E-state index is 12.6. The Labute approximate surface area is 406 Å². The molecular weight excluding hydrogens is 1260 g/mol. The lowest BCUT2D eigenvalue weighted by Crippen LogP contribution is -2.16. The fraction of sp³-hybridized carbons (Fsp3) is 0.280. The zero-order valence-corrected chi connectivity index (χ0v) is 59.6. The van der Waals surface area contributed by atoms with Crippen LogP contribution in [0.25, 0.3) is 34.3 Å². The van der Waals surface area contributed by atoms with E-state index in [0.717, 1.165) is 13.5 Å². The molecule has 0 aliphatic rings. The third-order valence-corrected chi connectivity index (χ3v) is 171. The van der Waals surface area contributed by atoms with Crippen LogP contribution in [0.2, 0.25) is 0 Å². The third kappa shape index (κ3) is 19.0. The summed E-state index contributed by atoms with van der Waals surface area (Å²) in [6, 6.07) is 14.0. The summed E-state index contributed by atoms with van der Waals surface area (Å²) >= 11 is 0. The van der Waals surface area contributed by atoms with E-state index in [4.69, 9.17) is 10.2 Å². The van der Waals surface area contributed by atoms with Crippen LogP contribution in [0.1, 0.15) is 25.8 Å². The molecule has 0 aliphatic heterocycles. The zero-order valence-electron chi connectivity index (χ0n) is 32.9. The molecule has 0 radical (unpaired) electrons. The molecule has 61 heavy (non-hydrogen) atoms. The molecule has 4 aromatic rings. The maximum Gasteiger partial charge on any atom is 0.270 e. The lowest BCUT2D eigenvalue weighted by molar-refractivity contribution is 0.467. The summed E-state index contributed by atoms with van der Waals surface area (Å²) in [7, 11) is 39.6. The number of hydrogen-bond acceptors (Lipinski definition) is 9. The smallest absolute Gasteiger partial charge is 0.270 e. The van der Waals surface area contributed by atoms with Crippen molar-refractivity contribution in [2.75, 3.05) is 19.0 Å². The van der Waals surface area contributed by atoms with Crippen molar-refractivity contribution in [3.8, 4) is 34.3 Å². The molecule has 4 rings (SSSR count). The van der Waals surface area contributed by atoms with E-state index < -0.39 is 21.8 Å². The van der Waals surface area contributed by atoms with Gasteiger partial charge in [-0.3, -0.25) is 0 Å². The highest BCUT2D eigenvalue weighted by Gasteiger charge is 2.46. The molecule has 2 aromatic heterocycles. The van der Waals surface area contributed by atoms with Gasteiger partial charge in [0.25, 0.3) is 5.89 Å². The Kier molecular flexibility index (Phi) is 32.4. The Bertz CT molecular complexity index is 2010. The molecule has 0 saturated carbocycles. The summed E-state index contributed by atoms with van der Waals surface area (Å²) < 4.78 is 43.3. The van der Waals surface area contributed by atoms with E-state index in [-0.39, 0.29) is 99.2 Å². The largest absolute Gasteiger partial charge is 0.414 e. The van der Waals surface area contributed by atoms with Crippen LogP contribution in [0.4, 0.5) is 10.2 Å². The minimum Gasteiger partial charge on any atom is -0.414 e. The van der Waals surface area contributed by atoms with Crippen molar-refractivity contribution in [1.82, 2.24) is 25.5 Å². The van der Waals surface area contributed by atoms with Gasteiger partial charge in [-0.1, -0.05) is 39.1 Å². The molecule has 340 valence electrons. The highest BCUT2D eigenvalue weighted by molar-refractivity contribution is 9.40. The minimum absolute atomic E-state index is 0.00618. The molecule has 2 heterocycles. The molecule has 0 amide bonds. The number of nitrogens with one attached hydrogen (secondary N) is 1. The first-order valence-corrected chi connectivity index (χ1v) is 63.5. The monoisotopic (exact) mass is 1310 g/mol. The van der Waals surface area contributed by atoms with Crippen molar-refractivity contribution in [3.05, 3.63) is 60.3 Å². The summed E-state index contributed by atoms with van der Waals surface area (Å²) in [6.07, 6.45) is 2.04. The van der Waals surface area contributed by atoms with E-state index in [9.17, 15) is 12.8 Å². The van der Waals surface area contributed by atoms with Gasteiger partial charge >= 0.3 is 0 Å². The van der Waals surface area contributed by atoms with E-state index in [1.54, 1.807) is 31.2 Å².